The molecule has 5 rings (SSSR count). The van der Waals surface area contributed by atoms with Crippen LogP contribution >= 0.6 is 0 Å². The third-order valence-electron chi connectivity index (χ3n) is 6.87. The molecular weight excluding hydrogens is 426 g/mol. The average Bonchev–Trinajstić information content (AvgIpc) is 3.17. The van der Waals surface area contributed by atoms with Crippen molar-refractivity contribution in [2.75, 3.05) is 18.9 Å². The first-order valence-corrected chi connectivity index (χ1v) is 12.1. The number of carbonyl (C=O) groups is 1. The van der Waals surface area contributed by atoms with Gasteiger partial charge < -0.3 is 15.8 Å². The van der Waals surface area contributed by atoms with E-state index in [9.17, 15) is 4.79 Å². The van der Waals surface area contributed by atoms with Crippen LogP contribution in [0.2, 0.25) is 0 Å². The molecule has 1 amide bonds. The number of para-hydroxylation sites is 1. The number of nitrogens with one attached hydrogen (secondary N) is 1. The lowest BCUT2D eigenvalue weighted by molar-refractivity contribution is -0.0843. The van der Waals surface area contributed by atoms with Gasteiger partial charge >= 0.3 is 0 Å². The van der Waals surface area contributed by atoms with Gasteiger partial charge in [0.2, 0.25) is 0 Å². The normalized spacial score (nSPS) is 22.5. The lowest BCUT2D eigenvalue weighted by Gasteiger charge is -2.48. The van der Waals surface area contributed by atoms with Crippen molar-refractivity contribution in [3.8, 4) is 0 Å². The molecule has 1 aromatic heterocycles. The molecule has 3 aromatic rings. The summed E-state index contributed by atoms with van der Waals surface area (Å²) in [5, 5.41) is 8.88. The molecule has 2 bridgehead atoms. The first kappa shape index (κ1) is 22.6. The zero-order valence-corrected chi connectivity index (χ0v) is 19.9. The molecule has 3 atom stereocenters. The number of piperidine rings is 1. The van der Waals surface area contributed by atoms with Gasteiger partial charge in [0.25, 0.3) is 5.91 Å². The maximum atomic E-state index is 13.3. The number of fused-ring (bicyclic) bond motifs is 3. The summed E-state index contributed by atoms with van der Waals surface area (Å²) in [7, 11) is 0. The summed E-state index contributed by atoms with van der Waals surface area (Å²) in [6.45, 7) is 7.01. The number of aromatic nitrogens is 2. The Labute approximate surface area is 200 Å². The van der Waals surface area contributed by atoms with Gasteiger partial charge in [-0.2, -0.15) is 5.10 Å². The summed E-state index contributed by atoms with van der Waals surface area (Å²) in [5.41, 5.74) is 10.7. The van der Waals surface area contributed by atoms with Crippen molar-refractivity contribution in [1.82, 2.24) is 20.0 Å². The van der Waals surface area contributed by atoms with Gasteiger partial charge in [0.15, 0.2) is 5.69 Å². The minimum Gasteiger partial charge on any atom is -0.399 e. The molecule has 0 aliphatic carbocycles. The molecule has 0 saturated carbocycles. The highest BCUT2D eigenvalue weighted by Crippen LogP contribution is 2.30. The Morgan fingerprint density at radius 1 is 1.15 bits per heavy atom. The summed E-state index contributed by atoms with van der Waals surface area (Å²) in [4.78, 5) is 15.9. The fourth-order valence-electron chi connectivity index (χ4n) is 5.23. The molecular formula is C27H33N5O2. The lowest BCUT2D eigenvalue weighted by atomic mass is 9.89. The Kier molecular flexibility index (Phi) is 6.39. The Hall–Kier alpha value is -3.16. The largest absolute Gasteiger partial charge is 0.399 e. The van der Waals surface area contributed by atoms with Crippen LogP contribution in [0.4, 0.5) is 5.69 Å². The molecule has 7 heteroatoms. The topological polar surface area (TPSA) is 85.4 Å². The second-order valence-corrected chi connectivity index (χ2v) is 9.73. The van der Waals surface area contributed by atoms with Crippen LogP contribution in [0.25, 0.3) is 10.9 Å². The number of allylic oxidation sites excluding steroid dienone is 2. The van der Waals surface area contributed by atoms with Crippen molar-refractivity contribution < 1.29 is 9.53 Å². The van der Waals surface area contributed by atoms with Crippen molar-refractivity contribution in [1.29, 1.82) is 0 Å². The SMILES string of the molecule is CC(C)=CCn1nc(C(=O)NC2C[C@H]3COC[C@@H](C2)N3Cc2cccc(N)c2)c2ccccc21. The maximum absolute atomic E-state index is 13.3. The molecule has 7 nitrogen and oxygen atoms in total. The molecule has 1 unspecified atom stereocenters. The van der Waals surface area contributed by atoms with Crippen LogP contribution in [0.1, 0.15) is 42.7 Å². The van der Waals surface area contributed by atoms with Crippen LogP contribution in [0.3, 0.4) is 0 Å². The van der Waals surface area contributed by atoms with Gasteiger partial charge in [0.05, 0.1) is 25.3 Å². The number of hydrogen-bond donors (Lipinski definition) is 2. The van der Waals surface area contributed by atoms with Crippen molar-refractivity contribution in [2.24, 2.45) is 0 Å². The van der Waals surface area contributed by atoms with E-state index in [0.717, 1.165) is 36.0 Å². The highest BCUT2D eigenvalue weighted by atomic mass is 16.5. The average molecular weight is 460 g/mol. The van der Waals surface area contributed by atoms with Gasteiger partial charge in [-0.15, -0.1) is 0 Å². The summed E-state index contributed by atoms with van der Waals surface area (Å²) in [6.07, 6.45) is 3.85. The van der Waals surface area contributed by atoms with Gasteiger partial charge in [-0.3, -0.25) is 14.4 Å². The number of ether oxygens (including phenoxy) is 1. The van der Waals surface area contributed by atoms with Gasteiger partial charge in [-0.05, 0) is 50.5 Å². The highest BCUT2D eigenvalue weighted by Gasteiger charge is 2.39. The number of nitrogens with zero attached hydrogens (tertiary/aromatic N) is 3. The van der Waals surface area contributed by atoms with Crippen molar-refractivity contribution in [3.05, 3.63) is 71.4 Å². The number of rotatable bonds is 6. The molecule has 3 N–H and O–H groups in total. The molecule has 0 radical (unpaired) electrons. The molecule has 2 aliphatic heterocycles. The number of benzene rings is 2. The highest BCUT2D eigenvalue weighted by molar-refractivity contribution is 6.05. The van der Waals surface area contributed by atoms with Gasteiger partial charge in [0.1, 0.15) is 0 Å². The molecule has 2 fully saturated rings. The molecule has 2 aromatic carbocycles. The lowest BCUT2D eigenvalue weighted by Crippen LogP contribution is -2.60. The van der Waals surface area contributed by atoms with Crippen molar-refractivity contribution in [3.63, 3.8) is 0 Å². The zero-order valence-electron chi connectivity index (χ0n) is 19.9. The van der Waals surface area contributed by atoms with E-state index in [2.05, 4.69) is 36.2 Å². The summed E-state index contributed by atoms with van der Waals surface area (Å²) >= 11 is 0. The molecule has 2 saturated heterocycles. The second-order valence-electron chi connectivity index (χ2n) is 9.73. The van der Waals surface area contributed by atoms with Gasteiger partial charge in [0, 0.05) is 35.7 Å². The van der Waals surface area contributed by atoms with E-state index in [1.807, 2.05) is 47.1 Å². The molecule has 0 spiro atoms. The number of anilines is 1. The molecule has 178 valence electrons. The zero-order chi connectivity index (χ0) is 23.7. The first-order valence-electron chi connectivity index (χ1n) is 12.1. The Morgan fingerprint density at radius 3 is 2.65 bits per heavy atom. The summed E-state index contributed by atoms with van der Waals surface area (Å²) in [6, 6.07) is 16.7. The predicted molar refractivity (Wildman–Crippen MR) is 134 cm³/mol. The van der Waals surface area contributed by atoms with Gasteiger partial charge in [-0.25, -0.2) is 0 Å². The maximum Gasteiger partial charge on any atom is 0.272 e. The predicted octanol–water partition coefficient (Wildman–Crippen LogP) is 3.75. The van der Waals surface area contributed by atoms with Crippen molar-refractivity contribution >= 4 is 22.5 Å². The minimum absolute atomic E-state index is 0.0968. The third kappa shape index (κ3) is 4.72. The Morgan fingerprint density at radius 2 is 1.91 bits per heavy atom. The van der Waals surface area contributed by atoms with E-state index in [4.69, 9.17) is 15.6 Å². The Bertz CT molecular complexity index is 1200. The van der Waals surface area contributed by atoms with Gasteiger partial charge in [-0.1, -0.05) is 42.0 Å². The van der Waals surface area contributed by atoms with E-state index in [-0.39, 0.29) is 24.0 Å². The molecule has 34 heavy (non-hydrogen) atoms. The minimum atomic E-state index is -0.0968. The number of nitrogen functional groups attached to an aromatic ring is 1. The van der Waals surface area contributed by atoms with E-state index >= 15 is 0 Å². The molecule has 2 aliphatic rings. The standard InChI is InChI=1S/C27H33N5O2/c1-18(2)10-11-32-25-9-4-3-8-24(25)26(30-32)27(33)29-21-13-22-16-34-17-23(14-21)31(22)15-19-6-5-7-20(28)12-19/h3-10,12,21-23H,11,13-17,28H2,1-2H3,(H,29,33)/t21?,22-,23+. The van der Waals surface area contributed by atoms with Crippen LogP contribution in [0, 0.1) is 0 Å². The number of morpholine rings is 1. The van der Waals surface area contributed by atoms with E-state index in [0.29, 0.717) is 25.5 Å². The van der Waals surface area contributed by atoms with E-state index in [1.165, 1.54) is 11.1 Å². The number of amides is 1. The van der Waals surface area contributed by atoms with E-state index < -0.39 is 0 Å². The first-order chi connectivity index (χ1) is 16.5. The summed E-state index contributed by atoms with van der Waals surface area (Å²) < 4.78 is 7.78. The molecule has 3 heterocycles. The van der Waals surface area contributed by atoms with Crippen LogP contribution in [0.15, 0.2) is 60.2 Å². The number of carbonyl (C=O) groups excluding carboxylic acids is 1. The van der Waals surface area contributed by atoms with Crippen LogP contribution < -0.4 is 11.1 Å². The van der Waals surface area contributed by atoms with Crippen LogP contribution in [0.5, 0.6) is 0 Å². The Balaban J connectivity index is 1.31. The fourth-order valence-corrected chi connectivity index (χ4v) is 5.23. The number of hydrogen-bond acceptors (Lipinski definition) is 5. The van der Waals surface area contributed by atoms with Crippen LogP contribution in [-0.4, -0.2) is 51.9 Å². The third-order valence-corrected chi connectivity index (χ3v) is 6.87. The monoisotopic (exact) mass is 459 g/mol. The van der Waals surface area contributed by atoms with E-state index in [1.54, 1.807) is 0 Å². The summed E-state index contributed by atoms with van der Waals surface area (Å²) in [5.74, 6) is -0.0968. The van der Waals surface area contributed by atoms with Crippen molar-refractivity contribution in [2.45, 2.75) is 57.9 Å². The number of nitrogens with two attached hydrogens (primary N) is 1. The second kappa shape index (κ2) is 9.60. The van der Waals surface area contributed by atoms with Crippen LogP contribution in [-0.2, 0) is 17.8 Å². The fraction of sp³-hybridized carbons (Fsp3) is 0.407. The smallest absolute Gasteiger partial charge is 0.272 e. The quantitative estimate of drug-likeness (QED) is 0.433.